The lowest BCUT2D eigenvalue weighted by atomic mass is 10.4. The van der Waals surface area contributed by atoms with Crippen LogP contribution in [0.3, 0.4) is 0 Å². The Balaban J connectivity index is 4.45. The van der Waals surface area contributed by atoms with Crippen LogP contribution in [0.2, 0.25) is 0 Å². The Morgan fingerprint density at radius 3 is 1.93 bits per heavy atom. The summed E-state index contributed by atoms with van der Waals surface area (Å²) in [5, 5.41) is 0. The van der Waals surface area contributed by atoms with E-state index >= 15 is 0 Å². The molecule has 1 unspecified atom stereocenters. The fourth-order valence-corrected chi connectivity index (χ4v) is 3.12. The molecule has 0 aliphatic heterocycles. The van der Waals surface area contributed by atoms with Gasteiger partial charge in [0.25, 0.3) is 0 Å². The summed E-state index contributed by atoms with van der Waals surface area (Å²) in [6, 6.07) is -0.295. The van der Waals surface area contributed by atoms with Crippen molar-refractivity contribution in [1.82, 2.24) is 4.31 Å². The van der Waals surface area contributed by atoms with Gasteiger partial charge in [0.2, 0.25) is 10.0 Å². The fraction of sp³-hybridized carbons (Fsp3) is 1.00. The van der Waals surface area contributed by atoms with E-state index in [1.54, 1.807) is 6.92 Å². The Bertz CT molecular complexity index is 231. The van der Waals surface area contributed by atoms with Crippen LogP contribution >= 0.6 is 0 Å². The van der Waals surface area contributed by atoms with Crippen molar-refractivity contribution >= 4 is 10.0 Å². The van der Waals surface area contributed by atoms with Gasteiger partial charge >= 0.3 is 0 Å². The molecule has 0 heterocycles. The van der Waals surface area contributed by atoms with Crippen molar-refractivity contribution < 1.29 is 8.42 Å². The first-order valence-corrected chi connectivity index (χ1v) is 6.78. The van der Waals surface area contributed by atoms with Gasteiger partial charge < -0.3 is 5.73 Å². The Kier molecular flexibility index (Phi) is 6.31. The fourth-order valence-electron chi connectivity index (χ4n) is 1.33. The lowest BCUT2D eigenvalue weighted by molar-refractivity contribution is 0.408. The summed E-state index contributed by atoms with van der Waals surface area (Å²) in [6.45, 7) is 6.87. The van der Waals surface area contributed by atoms with Crippen LogP contribution in [0, 0.1) is 0 Å². The van der Waals surface area contributed by atoms with Gasteiger partial charge in [0, 0.05) is 19.1 Å². The number of sulfonamides is 1. The van der Waals surface area contributed by atoms with E-state index in [9.17, 15) is 8.42 Å². The van der Waals surface area contributed by atoms with E-state index in [1.807, 2.05) is 13.8 Å². The summed E-state index contributed by atoms with van der Waals surface area (Å²) in [6.07, 6.45) is 1.69. The zero-order valence-electron chi connectivity index (χ0n) is 9.36. The molecule has 0 aromatic carbocycles. The van der Waals surface area contributed by atoms with Crippen LogP contribution in [0.15, 0.2) is 0 Å². The smallest absolute Gasteiger partial charge is 0.215 e. The van der Waals surface area contributed by atoms with Gasteiger partial charge in [-0.1, -0.05) is 13.8 Å². The maximum absolute atomic E-state index is 11.8. The predicted octanol–water partition coefficient (Wildman–Crippen LogP) is 0.785. The molecule has 0 rings (SSSR count). The van der Waals surface area contributed by atoms with Gasteiger partial charge in [-0.3, -0.25) is 0 Å². The highest BCUT2D eigenvalue weighted by Gasteiger charge is 2.21. The molecule has 0 radical (unpaired) electrons. The van der Waals surface area contributed by atoms with E-state index in [4.69, 9.17) is 5.73 Å². The molecule has 5 heteroatoms. The molecule has 0 saturated heterocycles. The first kappa shape index (κ1) is 13.9. The van der Waals surface area contributed by atoms with E-state index in [2.05, 4.69) is 0 Å². The van der Waals surface area contributed by atoms with Crippen molar-refractivity contribution in [3.05, 3.63) is 0 Å². The number of rotatable bonds is 7. The van der Waals surface area contributed by atoms with E-state index in [-0.39, 0.29) is 11.8 Å². The Morgan fingerprint density at radius 1 is 1.21 bits per heavy atom. The van der Waals surface area contributed by atoms with Crippen LogP contribution < -0.4 is 5.73 Å². The summed E-state index contributed by atoms with van der Waals surface area (Å²) in [5.74, 6) is 0.0486. The molecule has 86 valence electrons. The molecule has 1 atom stereocenters. The Hall–Kier alpha value is -0.130. The van der Waals surface area contributed by atoms with Crippen LogP contribution in [0.1, 0.15) is 33.6 Å². The van der Waals surface area contributed by atoms with Gasteiger partial charge in [0.05, 0.1) is 5.75 Å². The summed E-state index contributed by atoms with van der Waals surface area (Å²) in [4.78, 5) is 0. The second kappa shape index (κ2) is 6.37. The standard InChI is InChI=1S/C9H22N2O2S/c1-4-6-11(7-5-2)14(12,13)8-9(3)10/h9H,4-8,10H2,1-3H3. The maximum Gasteiger partial charge on any atom is 0.215 e. The maximum atomic E-state index is 11.8. The van der Waals surface area contributed by atoms with Gasteiger partial charge in [-0.25, -0.2) is 12.7 Å². The SMILES string of the molecule is CCCN(CCC)S(=O)(=O)CC(C)N. The van der Waals surface area contributed by atoms with Crippen LogP contribution in [0.5, 0.6) is 0 Å². The number of nitrogens with zero attached hydrogens (tertiary/aromatic N) is 1. The Morgan fingerprint density at radius 2 is 1.64 bits per heavy atom. The van der Waals surface area contributed by atoms with Gasteiger partial charge in [-0.15, -0.1) is 0 Å². The minimum Gasteiger partial charge on any atom is -0.327 e. The Labute approximate surface area is 87.5 Å². The molecule has 0 bridgehead atoms. The molecular weight excluding hydrogens is 200 g/mol. The average molecular weight is 222 g/mol. The van der Waals surface area contributed by atoms with E-state index in [0.717, 1.165) is 12.8 Å². The van der Waals surface area contributed by atoms with Crippen molar-refractivity contribution in [2.24, 2.45) is 5.73 Å². The summed E-state index contributed by atoms with van der Waals surface area (Å²) in [5.41, 5.74) is 5.50. The van der Waals surface area contributed by atoms with Crippen molar-refractivity contribution in [1.29, 1.82) is 0 Å². The zero-order chi connectivity index (χ0) is 11.2. The molecular formula is C9H22N2O2S. The minimum absolute atomic E-state index is 0.0486. The molecule has 0 aliphatic carbocycles. The highest BCUT2D eigenvalue weighted by molar-refractivity contribution is 7.89. The summed E-state index contributed by atoms with van der Waals surface area (Å²) in [7, 11) is -3.14. The van der Waals surface area contributed by atoms with Gasteiger partial charge in [-0.05, 0) is 19.8 Å². The molecule has 0 saturated carbocycles. The van der Waals surface area contributed by atoms with E-state index in [1.165, 1.54) is 4.31 Å². The zero-order valence-corrected chi connectivity index (χ0v) is 10.2. The molecule has 0 fully saturated rings. The monoisotopic (exact) mass is 222 g/mol. The third-order valence-corrected chi connectivity index (χ3v) is 3.91. The summed E-state index contributed by atoms with van der Waals surface area (Å²) < 4.78 is 25.1. The van der Waals surface area contributed by atoms with Crippen LogP contribution in [0.4, 0.5) is 0 Å². The summed E-state index contributed by atoms with van der Waals surface area (Å²) >= 11 is 0. The first-order chi connectivity index (χ1) is 6.44. The number of nitrogens with two attached hydrogens (primary N) is 1. The van der Waals surface area contributed by atoms with Gasteiger partial charge in [-0.2, -0.15) is 0 Å². The molecule has 2 N–H and O–H groups in total. The third-order valence-electron chi connectivity index (χ3n) is 1.81. The highest BCUT2D eigenvalue weighted by Crippen LogP contribution is 2.05. The third kappa shape index (κ3) is 4.93. The molecule has 0 spiro atoms. The molecule has 0 aromatic rings. The van der Waals surface area contributed by atoms with Crippen molar-refractivity contribution in [3.8, 4) is 0 Å². The van der Waals surface area contributed by atoms with Crippen molar-refractivity contribution in [2.75, 3.05) is 18.8 Å². The second-order valence-corrected chi connectivity index (χ2v) is 5.67. The van der Waals surface area contributed by atoms with Crippen molar-refractivity contribution in [2.45, 2.75) is 39.7 Å². The topological polar surface area (TPSA) is 63.4 Å². The van der Waals surface area contributed by atoms with Crippen LogP contribution in [-0.4, -0.2) is 37.6 Å². The molecule has 0 aromatic heterocycles. The van der Waals surface area contributed by atoms with Gasteiger partial charge in [0.1, 0.15) is 0 Å². The number of hydrogen-bond donors (Lipinski definition) is 1. The highest BCUT2D eigenvalue weighted by atomic mass is 32.2. The quantitative estimate of drug-likeness (QED) is 0.692. The van der Waals surface area contributed by atoms with E-state index in [0.29, 0.717) is 13.1 Å². The van der Waals surface area contributed by atoms with E-state index < -0.39 is 10.0 Å². The molecule has 4 nitrogen and oxygen atoms in total. The van der Waals surface area contributed by atoms with Crippen LogP contribution in [-0.2, 0) is 10.0 Å². The molecule has 14 heavy (non-hydrogen) atoms. The number of hydrogen-bond acceptors (Lipinski definition) is 3. The van der Waals surface area contributed by atoms with Crippen molar-refractivity contribution in [3.63, 3.8) is 0 Å². The normalized spacial score (nSPS) is 14.6. The molecule has 0 aliphatic rings. The minimum atomic E-state index is -3.14. The lowest BCUT2D eigenvalue weighted by Gasteiger charge is -2.21. The first-order valence-electron chi connectivity index (χ1n) is 5.17. The van der Waals surface area contributed by atoms with Gasteiger partial charge in [0.15, 0.2) is 0 Å². The lowest BCUT2D eigenvalue weighted by Crippen LogP contribution is -2.39. The van der Waals surface area contributed by atoms with Crippen LogP contribution in [0.25, 0.3) is 0 Å². The second-order valence-electron chi connectivity index (χ2n) is 3.65. The predicted molar refractivity (Wildman–Crippen MR) is 59.6 cm³/mol. The average Bonchev–Trinajstić information content (AvgIpc) is 2.01. The largest absolute Gasteiger partial charge is 0.327 e. The molecule has 0 amide bonds.